The number of benzene rings is 1. The fraction of sp³-hybridized carbons (Fsp3) is 0.500. The molecular formula is C18H25N3O2S. The first-order valence-corrected chi connectivity index (χ1v) is 9.26. The Hall–Kier alpha value is -1.82. The lowest BCUT2D eigenvalue weighted by Gasteiger charge is -2.16. The zero-order valence-electron chi connectivity index (χ0n) is 14.7. The number of hydrogen-bond acceptors (Lipinski definition) is 4. The summed E-state index contributed by atoms with van der Waals surface area (Å²) in [7, 11) is 0. The number of para-hydroxylation sites is 1. The molecule has 1 unspecified atom stereocenters. The number of carbonyl (C=O) groups excluding carboxylic acids is 1. The number of rotatable bonds is 7. The standard InChI is InChI=1S/C18H25N3O2S/c1-5-10-21-17(23)14-8-6-7-9-15(14)20-18(21)24-13(4)16(22)19-11-12(2)3/h6-9,12-13H,5,10-11H2,1-4H3,(H,19,22). The minimum atomic E-state index is -0.306. The molecular weight excluding hydrogens is 322 g/mol. The van der Waals surface area contributed by atoms with Crippen molar-refractivity contribution in [2.45, 2.75) is 51.1 Å². The summed E-state index contributed by atoms with van der Waals surface area (Å²) in [6.07, 6.45) is 0.835. The molecule has 2 aromatic rings. The molecule has 0 aliphatic rings. The number of fused-ring (bicyclic) bond motifs is 1. The predicted molar refractivity (Wildman–Crippen MR) is 99.5 cm³/mol. The van der Waals surface area contributed by atoms with E-state index >= 15 is 0 Å². The molecule has 130 valence electrons. The van der Waals surface area contributed by atoms with Crippen LogP contribution in [0, 0.1) is 5.92 Å². The van der Waals surface area contributed by atoms with Crippen LogP contribution in [0.3, 0.4) is 0 Å². The molecule has 1 atom stereocenters. The third-order valence-electron chi connectivity index (χ3n) is 3.61. The fourth-order valence-corrected chi connectivity index (χ4v) is 3.28. The first-order chi connectivity index (χ1) is 11.4. The SMILES string of the molecule is CCCn1c(SC(C)C(=O)NCC(C)C)nc2ccccc2c1=O. The Morgan fingerprint density at radius 3 is 2.67 bits per heavy atom. The van der Waals surface area contributed by atoms with Crippen LogP contribution in [0.25, 0.3) is 10.9 Å². The summed E-state index contributed by atoms with van der Waals surface area (Å²) < 4.78 is 1.68. The predicted octanol–water partition coefficient (Wildman–Crippen LogP) is 3.06. The summed E-state index contributed by atoms with van der Waals surface area (Å²) in [5.74, 6) is 0.377. The highest BCUT2D eigenvalue weighted by molar-refractivity contribution is 8.00. The van der Waals surface area contributed by atoms with Gasteiger partial charge >= 0.3 is 0 Å². The fourth-order valence-electron chi connectivity index (χ4n) is 2.32. The van der Waals surface area contributed by atoms with E-state index in [0.29, 0.717) is 35.1 Å². The quantitative estimate of drug-likeness (QED) is 0.617. The van der Waals surface area contributed by atoms with E-state index < -0.39 is 0 Å². The monoisotopic (exact) mass is 347 g/mol. The van der Waals surface area contributed by atoms with Gasteiger partial charge < -0.3 is 5.32 Å². The van der Waals surface area contributed by atoms with E-state index in [1.165, 1.54) is 11.8 Å². The van der Waals surface area contributed by atoms with E-state index in [4.69, 9.17) is 0 Å². The van der Waals surface area contributed by atoms with E-state index in [0.717, 1.165) is 6.42 Å². The van der Waals surface area contributed by atoms with Gasteiger partial charge in [-0.3, -0.25) is 14.2 Å². The average Bonchev–Trinajstić information content (AvgIpc) is 2.56. The summed E-state index contributed by atoms with van der Waals surface area (Å²) >= 11 is 1.34. The highest BCUT2D eigenvalue weighted by Crippen LogP contribution is 2.22. The second kappa shape index (κ2) is 8.33. The molecule has 24 heavy (non-hydrogen) atoms. The maximum Gasteiger partial charge on any atom is 0.262 e. The van der Waals surface area contributed by atoms with Crippen molar-refractivity contribution in [1.29, 1.82) is 0 Å². The van der Waals surface area contributed by atoms with Gasteiger partial charge in [-0.1, -0.05) is 44.7 Å². The minimum absolute atomic E-state index is 0.0286. The molecule has 0 spiro atoms. The third-order valence-corrected chi connectivity index (χ3v) is 4.70. The Kier molecular flexibility index (Phi) is 6.43. The van der Waals surface area contributed by atoms with E-state index in [9.17, 15) is 9.59 Å². The number of nitrogens with zero attached hydrogens (tertiary/aromatic N) is 2. The summed E-state index contributed by atoms with van der Waals surface area (Å²) in [6.45, 7) is 9.23. The van der Waals surface area contributed by atoms with Crippen LogP contribution in [0.4, 0.5) is 0 Å². The molecule has 1 aromatic carbocycles. The van der Waals surface area contributed by atoms with Crippen molar-refractivity contribution in [1.82, 2.24) is 14.9 Å². The molecule has 1 aromatic heterocycles. The van der Waals surface area contributed by atoms with Crippen molar-refractivity contribution < 1.29 is 4.79 Å². The largest absolute Gasteiger partial charge is 0.355 e. The number of carbonyl (C=O) groups is 1. The molecule has 0 fully saturated rings. The van der Waals surface area contributed by atoms with Gasteiger partial charge in [-0.2, -0.15) is 0 Å². The molecule has 6 heteroatoms. The van der Waals surface area contributed by atoms with Gasteiger partial charge in [0, 0.05) is 13.1 Å². The molecule has 1 heterocycles. The first kappa shape index (κ1) is 18.5. The minimum Gasteiger partial charge on any atom is -0.355 e. The average molecular weight is 347 g/mol. The second-order valence-electron chi connectivity index (χ2n) is 6.27. The molecule has 0 radical (unpaired) electrons. The Morgan fingerprint density at radius 2 is 2.00 bits per heavy atom. The lowest BCUT2D eigenvalue weighted by molar-refractivity contribution is -0.120. The molecule has 0 bridgehead atoms. The van der Waals surface area contributed by atoms with Crippen LogP contribution in [0.1, 0.15) is 34.1 Å². The second-order valence-corrected chi connectivity index (χ2v) is 7.58. The topological polar surface area (TPSA) is 64.0 Å². The van der Waals surface area contributed by atoms with Crippen molar-refractivity contribution in [2.75, 3.05) is 6.54 Å². The van der Waals surface area contributed by atoms with Crippen LogP contribution in [0.15, 0.2) is 34.2 Å². The lowest BCUT2D eigenvalue weighted by atomic mass is 10.2. The zero-order chi connectivity index (χ0) is 17.7. The summed E-state index contributed by atoms with van der Waals surface area (Å²) in [4.78, 5) is 29.6. The smallest absolute Gasteiger partial charge is 0.262 e. The van der Waals surface area contributed by atoms with Crippen LogP contribution in [0.5, 0.6) is 0 Å². The van der Waals surface area contributed by atoms with Crippen molar-refractivity contribution >= 4 is 28.6 Å². The summed E-state index contributed by atoms with van der Waals surface area (Å²) in [5.41, 5.74) is 0.631. The van der Waals surface area contributed by atoms with E-state index in [2.05, 4.69) is 24.1 Å². The molecule has 0 aliphatic carbocycles. The number of amides is 1. The summed E-state index contributed by atoms with van der Waals surface area (Å²) in [5, 5.41) is 3.85. The van der Waals surface area contributed by atoms with Gasteiger partial charge in [0.05, 0.1) is 16.2 Å². The number of thioether (sulfide) groups is 1. The van der Waals surface area contributed by atoms with E-state index in [1.807, 2.05) is 32.0 Å². The lowest BCUT2D eigenvalue weighted by Crippen LogP contribution is -2.34. The van der Waals surface area contributed by atoms with Gasteiger partial charge in [-0.05, 0) is 31.4 Å². The van der Waals surface area contributed by atoms with E-state index in [1.54, 1.807) is 10.6 Å². The van der Waals surface area contributed by atoms with E-state index in [-0.39, 0.29) is 16.7 Å². The first-order valence-electron chi connectivity index (χ1n) is 8.38. The van der Waals surface area contributed by atoms with Crippen LogP contribution in [-0.2, 0) is 11.3 Å². The Balaban J connectivity index is 2.31. The van der Waals surface area contributed by atoms with Crippen LogP contribution in [-0.4, -0.2) is 27.3 Å². The molecule has 0 saturated carbocycles. The zero-order valence-corrected chi connectivity index (χ0v) is 15.5. The van der Waals surface area contributed by atoms with Crippen molar-refractivity contribution in [3.63, 3.8) is 0 Å². The molecule has 0 aliphatic heterocycles. The Labute approximate surface area is 146 Å². The van der Waals surface area contributed by atoms with Gasteiger partial charge in [0.1, 0.15) is 0 Å². The van der Waals surface area contributed by atoms with Gasteiger partial charge in [-0.25, -0.2) is 4.98 Å². The number of hydrogen-bond donors (Lipinski definition) is 1. The molecule has 5 nitrogen and oxygen atoms in total. The third kappa shape index (κ3) is 4.38. The molecule has 2 rings (SSSR count). The van der Waals surface area contributed by atoms with Crippen molar-refractivity contribution in [2.24, 2.45) is 5.92 Å². The van der Waals surface area contributed by atoms with Gasteiger partial charge in [0.25, 0.3) is 5.56 Å². The summed E-state index contributed by atoms with van der Waals surface area (Å²) in [6, 6.07) is 7.34. The van der Waals surface area contributed by atoms with Gasteiger partial charge in [0.2, 0.25) is 5.91 Å². The van der Waals surface area contributed by atoms with Crippen molar-refractivity contribution in [3.8, 4) is 0 Å². The Morgan fingerprint density at radius 1 is 1.29 bits per heavy atom. The highest BCUT2D eigenvalue weighted by Gasteiger charge is 2.19. The Bertz CT molecular complexity index is 770. The number of aromatic nitrogens is 2. The maximum atomic E-state index is 12.7. The van der Waals surface area contributed by atoms with Gasteiger partial charge in [0.15, 0.2) is 5.16 Å². The van der Waals surface area contributed by atoms with Crippen LogP contribution in [0.2, 0.25) is 0 Å². The number of nitrogens with one attached hydrogen (secondary N) is 1. The van der Waals surface area contributed by atoms with Gasteiger partial charge in [-0.15, -0.1) is 0 Å². The maximum absolute atomic E-state index is 12.7. The van der Waals surface area contributed by atoms with Crippen molar-refractivity contribution in [3.05, 3.63) is 34.6 Å². The highest BCUT2D eigenvalue weighted by atomic mass is 32.2. The van der Waals surface area contributed by atoms with Crippen LogP contribution >= 0.6 is 11.8 Å². The molecule has 0 saturated heterocycles. The normalized spacial score (nSPS) is 12.5. The molecule has 1 N–H and O–H groups in total. The molecule has 1 amide bonds. The van der Waals surface area contributed by atoms with Crippen LogP contribution < -0.4 is 10.9 Å².